The van der Waals surface area contributed by atoms with E-state index < -0.39 is 0 Å². The van der Waals surface area contributed by atoms with Crippen molar-refractivity contribution in [2.45, 2.75) is 69.1 Å². The van der Waals surface area contributed by atoms with Gasteiger partial charge in [0.15, 0.2) is 5.82 Å². The van der Waals surface area contributed by atoms with Crippen molar-refractivity contribution in [1.29, 1.82) is 0 Å². The third-order valence-corrected chi connectivity index (χ3v) is 8.46. The van der Waals surface area contributed by atoms with Crippen LogP contribution in [0.1, 0.15) is 67.5 Å². The highest BCUT2D eigenvalue weighted by Gasteiger charge is 2.53. The van der Waals surface area contributed by atoms with E-state index in [2.05, 4.69) is 22.4 Å². The van der Waals surface area contributed by atoms with Crippen molar-refractivity contribution >= 4 is 17.7 Å². The Bertz CT molecular complexity index is 874. The number of nitrogens with zero attached hydrogens (tertiary/aromatic N) is 2. The number of nitrogens with one attached hydrogen (secondary N) is 1. The highest BCUT2D eigenvalue weighted by Crippen LogP contribution is 2.61. The molecule has 0 radical (unpaired) electrons. The Morgan fingerprint density at radius 1 is 1.21 bits per heavy atom. The summed E-state index contributed by atoms with van der Waals surface area (Å²) in [5.41, 5.74) is 1.05. The zero-order valence-corrected chi connectivity index (χ0v) is 18.0. The van der Waals surface area contributed by atoms with Crippen molar-refractivity contribution in [3.8, 4) is 0 Å². The van der Waals surface area contributed by atoms with Gasteiger partial charge in [0.1, 0.15) is 0 Å². The van der Waals surface area contributed by atoms with Gasteiger partial charge in [-0.25, -0.2) is 0 Å². The molecule has 0 spiro atoms. The van der Waals surface area contributed by atoms with Gasteiger partial charge in [0.25, 0.3) is 5.91 Å². The number of hydrogen-bond acceptors (Lipinski definition) is 5. The second kappa shape index (κ2) is 7.46. The summed E-state index contributed by atoms with van der Waals surface area (Å²) in [6, 6.07) is 8.05. The van der Waals surface area contributed by atoms with E-state index in [-0.39, 0.29) is 11.9 Å². The molecule has 0 aliphatic heterocycles. The molecule has 0 unspecified atom stereocenters. The number of amides is 1. The van der Waals surface area contributed by atoms with Gasteiger partial charge in [-0.15, -0.1) is 11.8 Å². The van der Waals surface area contributed by atoms with Crippen LogP contribution in [0, 0.1) is 30.1 Å². The minimum Gasteiger partial charge on any atom is -0.349 e. The van der Waals surface area contributed by atoms with Crippen LogP contribution in [0.2, 0.25) is 0 Å². The number of aryl methyl sites for hydroxylation is 1. The monoisotopic (exact) mass is 411 g/mol. The Morgan fingerprint density at radius 2 is 1.86 bits per heavy atom. The number of rotatable bonds is 6. The first-order valence-electron chi connectivity index (χ1n) is 10.8. The highest BCUT2D eigenvalue weighted by molar-refractivity contribution is 7.98. The third-order valence-electron chi connectivity index (χ3n) is 7.40. The standard InChI is InChI=1S/C23H29N3O2S/c1-14(23-10-16-7-17(11-23)9-18(8-16)12-23)24-22(27)19-5-3-4-6-20(19)29-13-21-25-15(2)26-28-21/h3-6,14,16-18H,7-13H2,1-2H3,(H,24,27)/t14-,16?,17?,18?,23?/m1/s1. The average molecular weight is 412 g/mol. The molecule has 1 aromatic carbocycles. The van der Waals surface area contributed by atoms with E-state index in [0.717, 1.165) is 28.2 Å². The fourth-order valence-electron chi connectivity index (χ4n) is 6.45. The maximum atomic E-state index is 13.2. The smallest absolute Gasteiger partial charge is 0.252 e. The zero-order chi connectivity index (χ0) is 20.0. The largest absolute Gasteiger partial charge is 0.349 e. The van der Waals surface area contributed by atoms with Crippen molar-refractivity contribution < 1.29 is 9.32 Å². The lowest BCUT2D eigenvalue weighted by Gasteiger charge is -2.59. The normalized spacial score (nSPS) is 31.0. The molecule has 1 heterocycles. The number of hydrogen-bond donors (Lipinski definition) is 1. The minimum absolute atomic E-state index is 0.0399. The average Bonchev–Trinajstić information content (AvgIpc) is 3.10. The van der Waals surface area contributed by atoms with Crippen LogP contribution in [0.5, 0.6) is 0 Å². The molecule has 4 aliphatic carbocycles. The van der Waals surface area contributed by atoms with Crippen LogP contribution < -0.4 is 5.32 Å². The molecule has 154 valence electrons. The molecule has 1 atom stereocenters. The van der Waals surface area contributed by atoms with Gasteiger partial charge in [-0.3, -0.25) is 4.79 Å². The Balaban J connectivity index is 1.28. The van der Waals surface area contributed by atoms with E-state index >= 15 is 0 Å². The molecule has 0 saturated heterocycles. The van der Waals surface area contributed by atoms with Gasteiger partial charge in [-0.05, 0) is 87.7 Å². The Hall–Kier alpha value is -1.82. The Morgan fingerprint density at radius 3 is 2.48 bits per heavy atom. The summed E-state index contributed by atoms with van der Waals surface area (Å²) in [5.74, 6) is 4.50. The fraction of sp³-hybridized carbons (Fsp3) is 0.609. The van der Waals surface area contributed by atoms with E-state index in [1.165, 1.54) is 38.5 Å². The van der Waals surface area contributed by atoms with Crippen molar-refractivity contribution in [1.82, 2.24) is 15.5 Å². The zero-order valence-electron chi connectivity index (χ0n) is 17.2. The summed E-state index contributed by atoms with van der Waals surface area (Å²) >= 11 is 1.57. The van der Waals surface area contributed by atoms with Crippen LogP contribution in [-0.2, 0) is 5.75 Å². The molecular weight excluding hydrogens is 382 g/mol. The van der Waals surface area contributed by atoms with Gasteiger partial charge in [0.05, 0.1) is 11.3 Å². The van der Waals surface area contributed by atoms with Gasteiger partial charge in [0, 0.05) is 10.9 Å². The molecule has 4 aliphatic rings. The lowest BCUT2D eigenvalue weighted by molar-refractivity contribution is -0.0688. The lowest BCUT2D eigenvalue weighted by Crippen LogP contribution is -2.55. The van der Waals surface area contributed by atoms with E-state index in [4.69, 9.17) is 4.52 Å². The fourth-order valence-corrected chi connectivity index (χ4v) is 7.34. The topological polar surface area (TPSA) is 68.0 Å². The lowest BCUT2D eigenvalue weighted by atomic mass is 9.48. The van der Waals surface area contributed by atoms with Crippen LogP contribution in [0.4, 0.5) is 0 Å². The van der Waals surface area contributed by atoms with Crippen LogP contribution >= 0.6 is 11.8 Å². The van der Waals surface area contributed by atoms with Crippen molar-refractivity contribution in [2.24, 2.45) is 23.2 Å². The maximum absolute atomic E-state index is 13.2. The van der Waals surface area contributed by atoms with E-state index in [1.807, 2.05) is 31.2 Å². The van der Waals surface area contributed by atoms with Gasteiger partial charge in [0.2, 0.25) is 5.89 Å². The molecule has 1 aromatic heterocycles. The second-order valence-corrected chi connectivity index (χ2v) is 10.5. The summed E-state index contributed by atoms with van der Waals surface area (Å²) in [4.78, 5) is 18.4. The molecule has 29 heavy (non-hydrogen) atoms. The van der Waals surface area contributed by atoms with Crippen molar-refractivity contribution in [3.63, 3.8) is 0 Å². The van der Waals surface area contributed by atoms with E-state index in [0.29, 0.717) is 22.9 Å². The van der Waals surface area contributed by atoms with Crippen LogP contribution in [0.15, 0.2) is 33.7 Å². The molecule has 4 saturated carbocycles. The van der Waals surface area contributed by atoms with E-state index in [9.17, 15) is 4.79 Å². The number of carbonyl (C=O) groups excluding carboxylic acids is 1. The predicted octanol–water partition coefficient (Wildman–Crippen LogP) is 5.01. The molecule has 1 N–H and O–H groups in total. The first kappa shape index (κ1) is 19.2. The molecule has 4 fully saturated rings. The van der Waals surface area contributed by atoms with Crippen molar-refractivity contribution in [3.05, 3.63) is 41.5 Å². The van der Waals surface area contributed by atoms with E-state index in [1.54, 1.807) is 11.8 Å². The summed E-state index contributed by atoms with van der Waals surface area (Å²) in [5, 5.41) is 7.23. The van der Waals surface area contributed by atoms with Gasteiger partial charge in [-0.1, -0.05) is 17.3 Å². The highest BCUT2D eigenvalue weighted by atomic mass is 32.2. The Kier molecular flexibility index (Phi) is 4.93. The maximum Gasteiger partial charge on any atom is 0.252 e. The van der Waals surface area contributed by atoms with Gasteiger partial charge >= 0.3 is 0 Å². The molecule has 2 aromatic rings. The predicted molar refractivity (Wildman–Crippen MR) is 113 cm³/mol. The second-order valence-electron chi connectivity index (χ2n) is 9.50. The quantitative estimate of drug-likeness (QED) is 0.677. The summed E-state index contributed by atoms with van der Waals surface area (Å²) < 4.78 is 5.21. The number of carbonyl (C=O) groups is 1. The van der Waals surface area contributed by atoms with Crippen LogP contribution in [-0.4, -0.2) is 22.1 Å². The Labute approximate surface area is 176 Å². The summed E-state index contributed by atoms with van der Waals surface area (Å²) in [6.45, 7) is 4.05. The van der Waals surface area contributed by atoms with Crippen LogP contribution in [0.3, 0.4) is 0 Å². The molecule has 1 amide bonds. The molecule has 6 heteroatoms. The number of benzene rings is 1. The number of thioether (sulfide) groups is 1. The molecule has 5 nitrogen and oxygen atoms in total. The molecule has 4 bridgehead atoms. The van der Waals surface area contributed by atoms with Crippen LogP contribution in [0.25, 0.3) is 0 Å². The number of aromatic nitrogens is 2. The first-order chi connectivity index (χ1) is 14.0. The molecular formula is C23H29N3O2S. The van der Waals surface area contributed by atoms with Gasteiger partial charge in [-0.2, -0.15) is 4.98 Å². The first-order valence-corrected chi connectivity index (χ1v) is 11.8. The van der Waals surface area contributed by atoms with Crippen molar-refractivity contribution in [2.75, 3.05) is 0 Å². The minimum atomic E-state index is 0.0399. The molecule has 6 rings (SSSR count). The van der Waals surface area contributed by atoms with Gasteiger partial charge < -0.3 is 9.84 Å². The SMILES string of the molecule is Cc1noc(CSc2ccccc2C(=O)N[C@H](C)C23CC4CC(CC(C4)C2)C3)n1. The summed E-state index contributed by atoms with van der Waals surface area (Å²) in [7, 11) is 0. The third kappa shape index (κ3) is 3.72. The summed E-state index contributed by atoms with van der Waals surface area (Å²) in [6.07, 6.45) is 8.17.